The molecule has 108 valence electrons. The monoisotopic (exact) mass is 281 g/mol. The highest BCUT2D eigenvalue weighted by atomic mass is 16.6. The SMILES string of the molecule is NCC1CC(OCc2ccc([N+](=O)[O-])cc2[N+](=O)[O-])C1. The number of benzene rings is 1. The maximum Gasteiger partial charge on any atom is 0.281 e. The van der Waals surface area contributed by atoms with E-state index in [1.54, 1.807) is 0 Å². The quantitative estimate of drug-likeness (QED) is 0.626. The van der Waals surface area contributed by atoms with Crippen LogP contribution in [0.1, 0.15) is 18.4 Å². The molecule has 0 radical (unpaired) electrons. The molecular formula is C12H15N3O5. The molecule has 1 saturated carbocycles. The summed E-state index contributed by atoms with van der Waals surface area (Å²) >= 11 is 0. The van der Waals surface area contributed by atoms with Crippen molar-refractivity contribution < 1.29 is 14.6 Å². The maximum atomic E-state index is 10.9. The summed E-state index contributed by atoms with van der Waals surface area (Å²) < 4.78 is 5.56. The lowest BCUT2D eigenvalue weighted by Crippen LogP contribution is -2.35. The molecule has 1 fully saturated rings. The fraction of sp³-hybridized carbons (Fsp3) is 0.500. The van der Waals surface area contributed by atoms with Crippen molar-refractivity contribution in [1.82, 2.24) is 0 Å². The van der Waals surface area contributed by atoms with Gasteiger partial charge < -0.3 is 10.5 Å². The van der Waals surface area contributed by atoms with Crippen molar-refractivity contribution in [2.24, 2.45) is 11.7 Å². The molecule has 8 nitrogen and oxygen atoms in total. The van der Waals surface area contributed by atoms with Crippen LogP contribution < -0.4 is 5.73 Å². The third kappa shape index (κ3) is 3.09. The van der Waals surface area contributed by atoms with Crippen LogP contribution in [-0.2, 0) is 11.3 Å². The second-order valence-electron chi connectivity index (χ2n) is 4.83. The molecule has 1 aromatic carbocycles. The van der Waals surface area contributed by atoms with E-state index in [1.807, 2.05) is 0 Å². The zero-order valence-corrected chi connectivity index (χ0v) is 10.7. The Hall–Kier alpha value is -2.06. The summed E-state index contributed by atoms with van der Waals surface area (Å²) in [5.41, 5.74) is 5.27. The number of non-ortho nitro benzene ring substituents is 1. The second-order valence-corrected chi connectivity index (χ2v) is 4.83. The molecule has 1 aromatic rings. The Morgan fingerprint density at radius 3 is 2.50 bits per heavy atom. The van der Waals surface area contributed by atoms with Crippen LogP contribution in [0, 0.1) is 26.1 Å². The van der Waals surface area contributed by atoms with Gasteiger partial charge in [0.05, 0.1) is 34.2 Å². The number of nitrogens with two attached hydrogens (primary N) is 1. The molecule has 0 amide bonds. The molecule has 0 unspecified atom stereocenters. The van der Waals surface area contributed by atoms with Gasteiger partial charge in [-0.25, -0.2) is 0 Å². The van der Waals surface area contributed by atoms with Gasteiger partial charge in [0.2, 0.25) is 0 Å². The van der Waals surface area contributed by atoms with Crippen LogP contribution in [0.2, 0.25) is 0 Å². The molecular weight excluding hydrogens is 266 g/mol. The number of nitro groups is 2. The molecule has 0 atom stereocenters. The van der Waals surface area contributed by atoms with Gasteiger partial charge in [-0.1, -0.05) is 0 Å². The van der Waals surface area contributed by atoms with Crippen LogP contribution in [0.3, 0.4) is 0 Å². The normalized spacial score (nSPS) is 21.2. The minimum absolute atomic E-state index is 0.0679. The Morgan fingerprint density at radius 2 is 1.95 bits per heavy atom. The topological polar surface area (TPSA) is 122 Å². The minimum atomic E-state index is -0.657. The molecule has 0 aromatic heterocycles. The van der Waals surface area contributed by atoms with Crippen molar-refractivity contribution in [2.45, 2.75) is 25.6 Å². The highest BCUT2D eigenvalue weighted by molar-refractivity contribution is 5.48. The van der Waals surface area contributed by atoms with Crippen molar-refractivity contribution in [3.8, 4) is 0 Å². The minimum Gasteiger partial charge on any atom is -0.373 e. The Kier molecular flexibility index (Phi) is 4.26. The molecule has 2 N–H and O–H groups in total. The van der Waals surface area contributed by atoms with Gasteiger partial charge >= 0.3 is 0 Å². The molecule has 1 aliphatic carbocycles. The van der Waals surface area contributed by atoms with E-state index in [9.17, 15) is 20.2 Å². The molecule has 8 heteroatoms. The van der Waals surface area contributed by atoms with Gasteiger partial charge in [-0.3, -0.25) is 20.2 Å². The first-order valence-electron chi connectivity index (χ1n) is 6.24. The highest BCUT2D eigenvalue weighted by Crippen LogP contribution is 2.31. The smallest absolute Gasteiger partial charge is 0.281 e. The van der Waals surface area contributed by atoms with E-state index in [-0.39, 0.29) is 24.1 Å². The van der Waals surface area contributed by atoms with Crippen LogP contribution in [0.15, 0.2) is 18.2 Å². The van der Waals surface area contributed by atoms with Crippen molar-refractivity contribution >= 4 is 11.4 Å². The van der Waals surface area contributed by atoms with Crippen LogP contribution in [-0.4, -0.2) is 22.5 Å². The molecule has 1 aliphatic rings. The molecule has 0 aliphatic heterocycles. The summed E-state index contributed by atoms with van der Waals surface area (Å²) in [6.45, 7) is 0.702. The molecule has 0 bridgehead atoms. The predicted octanol–water partition coefficient (Wildman–Crippen LogP) is 1.76. The fourth-order valence-corrected chi connectivity index (χ4v) is 2.17. The Labute approximate surface area is 114 Å². The van der Waals surface area contributed by atoms with E-state index >= 15 is 0 Å². The first-order chi connectivity index (χ1) is 9.51. The fourth-order valence-electron chi connectivity index (χ4n) is 2.17. The van der Waals surface area contributed by atoms with E-state index in [0.29, 0.717) is 18.0 Å². The second kappa shape index (κ2) is 5.93. The van der Waals surface area contributed by atoms with Gasteiger partial charge in [0, 0.05) is 6.07 Å². The van der Waals surface area contributed by atoms with Crippen LogP contribution in [0.25, 0.3) is 0 Å². The number of nitrogens with zero attached hydrogens (tertiary/aromatic N) is 2. The van der Waals surface area contributed by atoms with Crippen molar-refractivity contribution in [3.63, 3.8) is 0 Å². The van der Waals surface area contributed by atoms with E-state index in [2.05, 4.69) is 0 Å². The maximum absolute atomic E-state index is 10.9. The number of nitro benzene ring substituents is 2. The lowest BCUT2D eigenvalue weighted by atomic mass is 9.82. The molecule has 0 saturated heterocycles. The van der Waals surface area contributed by atoms with Crippen LogP contribution in [0.5, 0.6) is 0 Å². The largest absolute Gasteiger partial charge is 0.373 e. The molecule has 20 heavy (non-hydrogen) atoms. The highest BCUT2D eigenvalue weighted by Gasteiger charge is 2.29. The Bertz CT molecular complexity index is 528. The third-order valence-corrected chi connectivity index (χ3v) is 3.48. The molecule has 2 rings (SSSR count). The van der Waals surface area contributed by atoms with E-state index in [1.165, 1.54) is 12.1 Å². The van der Waals surface area contributed by atoms with Crippen molar-refractivity contribution in [3.05, 3.63) is 44.0 Å². The predicted molar refractivity (Wildman–Crippen MR) is 70.1 cm³/mol. The van der Waals surface area contributed by atoms with Crippen molar-refractivity contribution in [2.75, 3.05) is 6.54 Å². The lowest BCUT2D eigenvalue weighted by molar-refractivity contribution is -0.394. The summed E-state index contributed by atoms with van der Waals surface area (Å²) in [6, 6.07) is 3.58. The van der Waals surface area contributed by atoms with E-state index < -0.39 is 9.85 Å². The van der Waals surface area contributed by atoms with Gasteiger partial charge in [0.15, 0.2) is 0 Å². The number of hydrogen-bond acceptors (Lipinski definition) is 6. The standard InChI is InChI=1S/C12H15N3O5/c13-6-8-3-11(4-8)20-7-9-1-2-10(14(16)17)5-12(9)15(18)19/h1-2,5,8,11H,3-4,6-7,13H2. The summed E-state index contributed by atoms with van der Waals surface area (Å²) in [5.74, 6) is 0.465. The Balaban J connectivity index is 2.03. The van der Waals surface area contributed by atoms with E-state index in [4.69, 9.17) is 10.5 Å². The lowest BCUT2D eigenvalue weighted by Gasteiger charge is -2.34. The molecule has 0 heterocycles. The average Bonchev–Trinajstić information content (AvgIpc) is 2.36. The van der Waals surface area contributed by atoms with Gasteiger partial charge in [-0.05, 0) is 31.4 Å². The summed E-state index contributed by atoms with van der Waals surface area (Å²) in [5, 5.41) is 21.6. The third-order valence-electron chi connectivity index (χ3n) is 3.48. The summed E-state index contributed by atoms with van der Waals surface area (Å²) in [6.07, 6.45) is 1.78. The summed E-state index contributed by atoms with van der Waals surface area (Å²) in [7, 11) is 0. The van der Waals surface area contributed by atoms with Crippen LogP contribution >= 0.6 is 0 Å². The van der Waals surface area contributed by atoms with Gasteiger partial charge in [-0.15, -0.1) is 0 Å². The first kappa shape index (κ1) is 14.4. The van der Waals surface area contributed by atoms with E-state index in [0.717, 1.165) is 18.9 Å². The van der Waals surface area contributed by atoms with Crippen LogP contribution in [0.4, 0.5) is 11.4 Å². The Morgan fingerprint density at radius 1 is 1.25 bits per heavy atom. The van der Waals surface area contributed by atoms with Gasteiger partial charge in [-0.2, -0.15) is 0 Å². The summed E-state index contributed by atoms with van der Waals surface area (Å²) in [4.78, 5) is 20.3. The van der Waals surface area contributed by atoms with Gasteiger partial charge in [0.1, 0.15) is 0 Å². The number of rotatable bonds is 6. The van der Waals surface area contributed by atoms with Crippen molar-refractivity contribution in [1.29, 1.82) is 0 Å². The molecule has 0 spiro atoms. The average molecular weight is 281 g/mol. The number of hydrogen-bond donors (Lipinski definition) is 1. The zero-order valence-electron chi connectivity index (χ0n) is 10.7. The van der Waals surface area contributed by atoms with Gasteiger partial charge in [0.25, 0.3) is 11.4 Å². The number of ether oxygens (including phenoxy) is 1. The first-order valence-corrected chi connectivity index (χ1v) is 6.24. The zero-order chi connectivity index (χ0) is 14.7.